The maximum atomic E-state index is 8.58. The van der Waals surface area contributed by atoms with Crippen LogP contribution in [0.4, 0.5) is 0 Å². The zero-order chi connectivity index (χ0) is 13.7. The summed E-state index contributed by atoms with van der Waals surface area (Å²) in [5.41, 5.74) is 1.93. The molecule has 0 saturated heterocycles. The van der Waals surface area contributed by atoms with E-state index in [2.05, 4.69) is 6.07 Å². The summed E-state index contributed by atoms with van der Waals surface area (Å²) >= 11 is 11.8. The van der Waals surface area contributed by atoms with E-state index in [0.29, 0.717) is 23.1 Å². The maximum Gasteiger partial charge on any atom is 0.119 e. The molecule has 0 amide bonds. The van der Waals surface area contributed by atoms with E-state index in [9.17, 15) is 0 Å². The summed E-state index contributed by atoms with van der Waals surface area (Å²) in [5, 5.41) is 9.64. The summed E-state index contributed by atoms with van der Waals surface area (Å²) in [7, 11) is 0. The van der Waals surface area contributed by atoms with Crippen LogP contribution >= 0.6 is 23.2 Å². The van der Waals surface area contributed by atoms with Crippen molar-refractivity contribution < 1.29 is 4.74 Å². The number of ether oxygens (including phenoxy) is 1. The first-order valence-corrected chi connectivity index (χ1v) is 6.47. The van der Waals surface area contributed by atoms with E-state index in [-0.39, 0.29) is 0 Å². The molecule has 0 unspecified atom stereocenters. The highest BCUT2D eigenvalue weighted by Gasteiger charge is 2.01. The second-order valence-electron chi connectivity index (χ2n) is 4.02. The third-order valence-corrected chi connectivity index (χ3v) is 3.34. The van der Waals surface area contributed by atoms with Crippen molar-refractivity contribution in [2.24, 2.45) is 0 Å². The van der Waals surface area contributed by atoms with Gasteiger partial charge in [-0.3, -0.25) is 0 Å². The van der Waals surface area contributed by atoms with E-state index >= 15 is 0 Å². The fourth-order valence-corrected chi connectivity index (χ4v) is 1.91. The zero-order valence-electron chi connectivity index (χ0n) is 10.1. The molecule has 0 heterocycles. The van der Waals surface area contributed by atoms with Crippen LogP contribution in [-0.2, 0) is 13.0 Å². The molecular weight excluding hydrogens is 281 g/mol. The summed E-state index contributed by atoms with van der Waals surface area (Å²) in [5.74, 6) is 0.757. The number of hydrogen-bond donors (Lipinski definition) is 0. The van der Waals surface area contributed by atoms with Crippen LogP contribution in [0, 0.1) is 11.3 Å². The molecule has 4 heteroatoms. The second-order valence-corrected chi connectivity index (χ2v) is 4.83. The Kier molecular flexibility index (Phi) is 4.68. The third-order valence-electron chi connectivity index (χ3n) is 2.60. The van der Waals surface area contributed by atoms with Crippen molar-refractivity contribution >= 4 is 23.2 Å². The monoisotopic (exact) mass is 291 g/mol. The average Bonchev–Trinajstić information content (AvgIpc) is 2.42. The van der Waals surface area contributed by atoms with Gasteiger partial charge in [0, 0.05) is 0 Å². The van der Waals surface area contributed by atoms with Crippen LogP contribution < -0.4 is 4.74 Å². The molecule has 2 rings (SSSR count). The molecule has 0 aliphatic rings. The van der Waals surface area contributed by atoms with E-state index < -0.39 is 0 Å². The largest absolute Gasteiger partial charge is 0.489 e. The van der Waals surface area contributed by atoms with Crippen molar-refractivity contribution in [3.63, 3.8) is 0 Å². The molecule has 0 atom stereocenters. The van der Waals surface area contributed by atoms with Gasteiger partial charge in [0.15, 0.2) is 0 Å². The van der Waals surface area contributed by atoms with Gasteiger partial charge in [0.1, 0.15) is 12.4 Å². The lowest BCUT2D eigenvalue weighted by Crippen LogP contribution is -1.95. The van der Waals surface area contributed by atoms with Gasteiger partial charge in [0.05, 0.1) is 22.5 Å². The Balaban J connectivity index is 1.98. The molecule has 0 radical (unpaired) electrons. The summed E-state index contributed by atoms with van der Waals surface area (Å²) < 4.78 is 5.64. The quantitative estimate of drug-likeness (QED) is 0.822. The smallest absolute Gasteiger partial charge is 0.119 e. The number of benzene rings is 2. The van der Waals surface area contributed by atoms with Gasteiger partial charge in [-0.2, -0.15) is 5.26 Å². The topological polar surface area (TPSA) is 33.0 Å². The number of rotatable bonds is 4. The molecule has 0 aliphatic carbocycles. The van der Waals surface area contributed by atoms with Crippen LogP contribution in [0.2, 0.25) is 10.0 Å². The summed E-state index contributed by atoms with van der Waals surface area (Å²) in [6.45, 7) is 0.425. The Labute approximate surface area is 122 Å². The first-order chi connectivity index (χ1) is 9.19. The third kappa shape index (κ3) is 3.89. The molecule has 0 aromatic heterocycles. The highest BCUT2D eigenvalue weighted by molar-refractivity contribution is 6.42. The van der Waals surface area contributed by atoms with Gasteiger partial charge in [-0.25, -0.2) is 0 Å². The predicted molar refractivity (Wildman–Crippen MR) is 76.6 cm³/mol. The molecule has 2 nitrogen and oxygen atoms in total. The maximum absolute atomic E-state index is 8.58. The molecule has 0 N–H and O–H groups in total. The highest BCUT2D eigenvalue weighted by atomic mass is 35.5. The molecule has 19 heavy (non-hydrogen) atoms. The Bertz CT molecular complexity index is 603. The summed E-state index contributed by atoms with van der Waals surface area (Å²) in [4.78, 5) is 0. The molecule has 2 aromatic carbocycles. The van der Waals surface area contributed by atoms with Crippen LogP contribution in [0.5, 0.6) is 5.75 Å². The van der Waals surface area contributed by atoms with Crippen molar-refractivity contribution in [3.8, 4) is 11.8 Å². The number of nitriles is 1. The van der Waals surface area contributed by atoms with E-state index in [0.717, 1.165) is 16.9 Å². The van der Waals surface area contributed by atoms with E-state index in [4.69, 9.17) is 33.2 Å². The Morgan fingerprint density at radius 2 is 1.63 bits per heavy atom. The van der Waals surface area contributed by atoms with Gasteiger partial charge in [0.2, 0.25) is 0 Å². The minimum atomic E-state index is 0.410. The minimum Gasteiger partial charge on any atom is -0.489 e. The van der Waals surface area contributed by atoms with Crippen molar-refractivity contribution in [2.75, 3.05) is 0 Å². The van der Waals surface area contributed by atoms with Crippen molar-refractivity contribution in [2.45, 2.75) is 13.0 Å². The Morgan fingerprint density at radius 1 is 0.947 bits per heavy atom. The number of halogens is 2. The molecule has 0 bridgehead atoms. The standard InChI is InChI=1S/C15H11Cl2NO/c16-14-6-3-12(9-15(14)17)10-19-13-4-1-11(2-5-13)7-8-18/h1-6,9H,7,10H2. The normalized spacial score (nSPS) is 9.95. The lowest BCUT2D eigenvalue weighted by Gasteiger charge is -2.07. The molecular formula is C15H11Cl2NO. The van der Waals surface area contributed by atoms with Crippen LogP contribution in [-0.4, -0.2) is 0 Å². The molecule has 0 fully saturated rings. The second kappa shape index (κ2) is 6.47. The highest BCUT2D eigenvalue weighted by Crippen LogP contribution is 2.23. The first kappa shape index (κ1) is 13.7. The molecule has 96 valence electrons. The zero-order valence-corrected chi connectivity index (χ0v) is 11.6. The fourth-order valence-electron chi connectivity index (χ4n) is 1.59. The molecule has 0 spiro atoms. The summed E-state index contributed by atoms with van der Waals surface area (Å²) in [6, 6.07) is 15.0. The SMILES string of the molecule is N#CCc1ccc(OCc2ccc(Cl)c(Cl)c2)cc1. The lowest BCUT2D eigenvalue weighted by molar-refractivity contribution is 0.306. The number of hydrogen-bond acceptors (Lipinski definition) is 2. The fraction of sp³-hybridized carbons (Fsp3) is 0.133. The van der Waals surface area contributed by atoms with Crippen molar-refractivity contribution in [1.82, 2.24) is 0 Å². The van der Waals surface area contributed by atoms with E-state index in [1.54, 1.807) is 12.1 Å². The summed E-state index contributed by atoms with van der Waals surface area (Å²) in [6.07, 6.45) is 0.410. The van der Waals surface area contributed by atoms with E-state index in [1.165, 1.54) is 0 Å². The first-order valence-electron chi connectivity index (χ1n) is 5.71. The molecule has 0 saturated carbocycles. The minimum absolute atomic E-state index is 0.410. The Hall–Kier alpha value is -1.69. The van der Waals surface area contributed by atoms with Crippen molar-refractivity contribution in [3.05, 3.63) is 63.6 Å². The van der Waals surface area contributed by atoms with Gasteiger partial charge in [0.25, 0.3) is 0 Å². The lowest BCUT2D eigenvalue weighted by atomic mass is 10.2. The van der Waals surface area contributed by atoms with Crippen molar-refractivity contribution in [1.29, 1.82) is 5.26 Å². The number of nitrogens with zero attached hydrogens (tertiary/aromatic N) is 1. The molecule has 0 aliphatic heterocycles. The molecule has 2 aromatic rings. The van der Waals surface area contributed by atoms with Crippen LogP contribution in [0.1, 0.15) is 11.1 Å². The van der Waals surface area contributed by atoms with Gasteiger partial charge in [-0.15, -0.1) is 0 Å². The van der Waals surface area contributed by atoms with Gasteiger partial charge >= 0.3 is 0 Å². The van der Waals surface area contributed by atoms with Gasteiger partial charge < -0.3 is 4.74 Å². The van der Waals surface area contributed by atoms with Crippen LogP contribution in [0.15, 0.2) is 42.5 Å². The Morgan fingerprint density at radius 3 is 2.26 bits per heavy atom. The predicted octanol–water partition coefficient (Wildman–Crippen LogP) is 4.64. The van der Waals surface area contributed by atoms with E-state index in [1.807, 2.05) is 30.3 Å². The van der Waals surface area contributed by atoms with Gasteiger partial charge in [-0.05, 0) is 35.4 Å². The van der Waals surface area contributed by atoms with Gasteiger partial charge in [-0.1, -0.05) is 41.4 Å². The van der Waals surface area contributed by atoms with Crippen LogP contribution in [0.25, 0.3) is 0 Å². The average molecular weight is 292 g/mol. The van der Waals surface area contributed by atoms with Crippen LogP contribution in [0.3, 0.4) is 0 Å².